The molecule has 2 rings (SSSR count). The smallest absolute Gasteiger partial charge is 0.254 e. The highest BCUT2D eigenvalue weighted by atomic mass is 32.1. The van der Waals surface area contributed by atoms with E-state index in [0.717, 1.165) is 12.1 Å². The third kappa shape index (κ3) is 3.14. The van der Waals surface area contributed by atoms with Crippen LogP contribution in [-0.2, 0) is 6.42 Å². The Morgan fingerprint density at radius 2 is 2.12 bits per heavy atom. The predicted octanol–water partition coefficient (Wildman–Crippen LogP) is 2.42. The van der Waals surface area contributed by atoms with Crippen LogP contribution in [0.3, 0.4) is 0 Å². The fourth-order valence-electron chi connectivity index (χ4n) is 1.57. The van der Waals surface area contributed by atoms with Crippen LogP contribution in [-0.4, -0.2) is 16.8 Å². The van der Waals surface area contributed by atoms with Crippen LogP contribution in [0.5, 0.6) is 0 Å². The van der Waals surface area contributed by atoms with Crippen LogP contribution in [0.15, 0.2) is 35.7 Å². The number of aryl methyl sites for hydroxylation is 1. The number of nitrogens with zero attached hydrogens (tertiary/aromatic N) is 1. The van der Waals surface area contributed by atoms with Crippen molar-refractivity contribution in [1.29, 1.82) is 0 Å². The van der Waals surface area contributed by atoms with Crippen LogP contribution >= 0.6 is 11.5 Å². The van der Waals surface area contributed by atoms with Crippen molar-refractivity contribution in [2.75, 3.05) is 6.54 Å². The number of hydrogen-bond acceptors (Lipinski definition) is 3. The van der Waals surface area contributed by atoms with Crippen molar-refractivity contribution in [3.63, 3.8) is 0 Å². The van der Waals surface area contributed by atoms with Gasteiger partial charge in [0.1, 0.15) is 0 Å². The third-order valence-electron chi connectivity index (χ3n) is 2.54. The molecular formula is C13H14N2OS. The van der Waals surface area contributed by atoms with E-state index in [1.54, 1.807) is 5.38 Å². The Hall–Kier alpha value is -1.68. The van der Waals surface area contributed by atoms with Gasteiger partial charge in [-0.25, -0.2) is 0 Å². The molecule has 4 heteroatoms. The van der Waals surface area contributed by atoms with Gasteiger partial charge in [-0.3, -0.25) is 4.79 Å². The molecule has 0 spiro atoms. The first-order valence-corrected chi connectivity index (χ1v) is 6.34. The van der Waals surface area contributed by atoms with Gasteiger partial charge in [-0.15, -0.1) is 0 Å². The fourth-order valence-corrected chi connectivity index (χ4v) is 2.26. The Morgan fingerprint density at radius 1 is 1.35 bits per heavy atom. The minimum absolute atomic E-state index is 0.0350. The highest BCUT2D eigenvalue weighted by Crippen LogP contribution is 2.08. The summed E-state index contributed by atoms with van der Waals surface area (Å²) in [4.78, 5) is 11.8. The lowest BCUT2D eigenvalue weighted by Gasteiger charge is -2.04. The van der Waals surface area contributed by atoms with Gasteiger partial charge < -0.3 is 5.32 Å². The van der Waals surface area contributed by atoms with Gasteiger partial charge in [0.05, 0.1) is 11.3 Å². The summed E-state index contributed by atoms with van der Waals surface area (Å²) in [5.74, 6) is -0.0350. The number of carbonyl (C=O) groups is 1. The molecule has 0 aliphatic carbocycles. The van der Waals surface area contributed by atoms with Crippen molar-refractivity contribution >= 4 is 17.4 Å². The van der Waals surface area contributed by atoms with Crippen molar-refractivity contribution in [1.82, 2.24) is 9.69 Å². The minimum Gasteiger partial charge on any atom is -0.352 e. The molecular weight excluding hydrogens is 232 g/mol. The summed E-state index contributed by atoms with van der Waals surface area (Å²) in [7, 11) is 0. The maximum Gasteiger partial charge on any atom is 0.254 e. The van der Waals surface area contributed by atoms with Crippen molar-refractivity contribution in [3.05, 3.63) is 52.5 Å². The number of carbonyl (C=O) groups excluding carboxylic acids is 1. The first kappa shape index (κ1) is 11.8. The highest BCUT2D eigenvalue weighted by molar-refractivity contribution is 7.03. The molecule has 0 bridgehead atoms. The van der Waals surface area contributed by atoms with E-state index in [2.05, 4.69) is 21.8 Å². The zero-order valence-corrected chi connectivity index (χ0v) is 10.5. The SMILES string of the molecule is Cc1nscc1C(=O)NCCc1ccccc1. The molecule has 0 saturated carbocycles. The monoisotopic (exact) mass is 246 g/mol. The largest absolute Gasteiger partial charge is 0.352 e. The summed E-state index contributed by atoms with van der Waals surface area (Å²) in [5, 5.41) is 4.69. The van der Waals surface area contributed by atoms with Gasteiger partial charge in [-0.2, -0.15) is 4.37 Å². The Labute approximate surface area is 105 Å². The van der Waals surface area contributed by atoms with Crippen LogP contribution in [0, 0.1) is 6.92 Å². The van der Waals surface area contributed by atoms with Gasteiger partial charge in [0.2, 0.25) is 0 Å². The Bertz CT molecular complexity index is 493. The molecule has 3 nitrogen and oxygen atoms in total. The molecule has 1 aromatic heterocycles. The average molecular weight is 246 g/mol. The number of nitrogens with one attached hydrogen (secondary N) is 1. The lowest BCUT2D eigenvalue weighted by molar-refractivity contribution is 0.0954. The van der Waals surface area contributed by atoms with E-state index < -0.39 is 0 Å². The molecule has 0 aliphatic rings. The molecule has 2 aromatic rings. The van der Waals surface area contributed by atoms with Gasteiger partial charge in [0, 0.05) is 11.9 Å². The van der Waals surface area contributed by atoms with Gasteiger partial charge >= 0.3 is 0 Å². The van der Waals surface area contributed by atoms with E-state index >= 15 is 0 Å². The first-order valence-electron chi connectivity index (χ1n) is 5.50. The fraction of sp³-hybridized carbons (Fsp3) is 0.231. The normalized spacial score (nSPS) is 10.2. The molecule has 0 unspecified atom stereocenters. The summed E-state index contributed by atoms with van der Waals surface area (Å²) < 4.78 is 4.08. The lowest BCUT2D eigenvalue weighted by atomic mass is 10.1. The van der Waals surface area contributed by atoms with E-state index in [-0.39, 0.29) is 5.91 Å². The summed E-state index contributed by atoms with van der Waals surface area (Å²) >= 11 is 1.31. The van der Waals surface area contributed by atoms with Crippen LogP contribution in [0.25, 0.3) is 0 Å². The first-order chi connectivity index (χ1) is 8.27. The molecule has 0 fully saturated rings. The maximum atomic E-state index is 11.8. The molecule has 1 heterocycles. The molecule has 0 saturated heterocycles. The minimum atomic E-state index is -0.0350. The third-order valence-corrected chi connectivity index (χ3v) is 3.26. The van der Waals surface area contributed by atoms with Crippen LogP contribution in [0.1, 0.15) is 21.6 Å². The number of hydrogen-bond donors (Lipinski definition) is 1. The standard InChI is InChI=1S/C13H14N2OS/c1-10-12(9-17-15-10)13(16)14-8-7-11-5-3-2-4-6-11/h2-6,9H,7-8H2,1H3,(H,14,16). The second-order valence-electron chi connectivity index (χ2n) is 3.81. The second kappa shape index (κ2) is 5.59. The van der Waals surface area contributed by atoms with Crippen LogP contribution in [0.2, 0.25) is 0 Å². The number of aromatic nitrogens is 1. The quantitative estimate of drug-likeness (QED) is 0.900. The average Bonchev–Trinajstić information content (AvgIpc) is 2.77. The summed E-state index contributed by atoms with van der Waals surface area (Å²) in [5.41, 5.74) is 2.71. The molecule has 88 valence electrons. The summed E-state index contributed by atoms with van der Waals surface area (Å²) in [6, 6.07) is 10.1. The number of amides is 1. The van der Waals surface area contributed by atoms with Crippen molar-refractivity contribution in [2.45, 2.75) is 13.3 Å². The predicted molar refractivity (Wildman–Crippen MR) is 69.3 cm³/mol. The van der Waals surface area contributed by atoms with E-state index in [1.807, 2.05) is 25.1 Å². The van der Waals surface area contributed by atoms with Gasteiger partial charge in [0.15, 0.2) is 0 Å². The van der Waals surface area contributed by atoms with E-state index in [1.165, 1.54) is 17.1 Å². The second-order valence-corrected chi connectivity index (χ2v) is 4.43. The van der Waals surface area contributed by atoms with Gasteiger partial charge in [0.25, 0.3) is 5.91 Å². The summed E-state index contributed by atoms with van der Waals surface area (Å²) in [6.45, 7) is 2.50. The van der Waals surface area contributed by atoms with Crippen molar-refractivity contribution in [2.24, 2.45) is 0 Å². The number of benzene rings is 1. The molecule has 0 atom stereocenters. The van der Waals surface area contributed by atoms with Crippen LogP contribution < -0.4 is 5.32 Å². The Balaban J connectivity index is 1.84. The van der Waals surface area contributed by atoms with E-state index in [4.69, 9.17) is 0 Å². The molecule has 1 N–H and O–H groups in total. The highest BCUT2D eigenvalue weighted by Gasteiger charge is 2.09. The Morgan fingerprint density at radius 3 is 2.76 bits per heavy atom. The van der Waals surface area contributed by atoms with E-state index in [0.29, 0.717) is 12.1 Å². The van der Waals surface area contributed by atoms with E-state index in [9.17, 15) is 4.79 Å². The zero-order chi connectivity index (χ0) is 12.1. The molecule has 1 amide bonds. The topological polar surface area (TPSA) is 42.0 Å². The van der Waals surface area contributed by atoms with Gasteiger partial charge in [-0.05, 0) is 30.4 Å². The van der Waals surface area contributed by atoms with Crippen LogP contribution in [0.4, 0.5) is 0 Å². The molecule has 0 radical (unpaired) electrons. The summed E-state index contributed by atoms with van der Waals surface area (Å²) in [6.07, 6.45) is 0.850. The Kier molecular flexibility index (Phi) is 3.88. The molecule has 0 aliphatic heterocycles. The van der Waals surface area contributed by atoms with Crippen molar-refractivity contribution in [3.8, 4) is 0 Å². The molecule has 17 heavy (non-hydrogen) atoms. The van der Waals surface area contributed by atoms with Crippen molar-refractivity contribution < 1.29 is 4.79 Å². The lowest BCUT2D eigenvalue weighted by Crippen LogP contribution is -2.25. The van der Waals surface area contributed by atoms with Gasteiger partial charge in [-0.1, -0.05) is 30.3 Å². The zero-order valence-electron chi connectivity index (χ0n) is 9.64. The maximum absolute atomic E-state index is 11.8. The molecule has 1 aromatic carbocycles. The number of rotatable bonds is 4.